The highest BCUT2D eigenvalue weighted by atomic mass is 32.2. The minimum absolute atomic E-state index is 0.284. The lowest BCUT2D eigenvalue weighted by Crippen LogP contribution is -2.52. The molecule has 2 fully saturated rings. The summed E-state index contributed by atoms with van der Waals surface area (Å²) in [5, 5.41) is 3.27. The molecule has 0 aromatic heterocycles. The summed E-state index contributed by atoms with van der Waals surface area (Å²) in [5.41, 5.74) is 0. The van der Waals surface area contributed by atoms with Crippen LogP contribution in [0, 0.1) is 5.92 Å². The zero-order valence-corrected chi connectivity index (χ0v) is 10.8. The van der Waals surface area contributed by atoms with Gasteiger partial charge < -0.3 is 5.32 Å². The molecule has 2 rings (SSSR count). The predicted octanol–water partition coefficient (Wildman–Crippen LogP) is 0.800. The third-order valence-corrected chi connectivity index (χ3v) is 5.66. The van der Waals surface area contributed by atoms with E-state index in [9.17, 15) is 8.42 Å². The summed E-state index contributed by atoms with van der Waals surface area (Å²) in [4.78, 5) is 0. The number of sulfonamides is 1. The number of piperazine rings is 1. The first kappa shape index (κ1) is 12.3. The highest BCUT2D eigenvalue weighted by molar-refractivity contribution is 7.89. The monoisotopic (exact) mass is 246 g/mol. The maximum absolute atomic E-state index is 12.2. The van der Waals surface area contributed by atoms with Crippen LogP contribution in [0.2, 0.25) is 0 Å². The van der Waals surface area contributed by atoms with Gasteiger partial charge in [0, 0.05) is 25.7 Å². The van der Waals surface area contributed by atoms with E-state index in [2.05, 4.69) is 5.32 Å². The minimum atomic E-state index is -3.01. The largest absolute Gasteiger partial charge is 0.312 e. The molecule has 5 heteroatoms. The van der Waals surface area contributed by atoms with E-state index in [-0.39, 0.29) is 6.04 Å². The van der Waals surface area contributed by atoms with E-state index in [1.807, 2.05) is 6.92 Å². The van der Waals surface area contributed by atoms with Crippen molar-refractivity contribution >= 4 is 10.0 Å². The van der Waals surface area contributed by atoms with Gasteiger partial charge >= 0.3 is 0 Å². The van der Waals surface area contributed by atoms with Crippen LogP contribution in [0.15, 0.2) is 0 Å². The molecule has 0 aromatic carbocycles. The lowest BCUT2D eigenvalue weighted by Gasteiger charge is -2.31. The van der Waals surface area contributed by atoms with Crippen LogP contribution in [-0.2, 0) is 10.0 Å². The Labute approximate surface area is 98.4 Å². The molecule has 1 saturated carbocycles. The molecule has 1 atom stereocenters. The molecule has 0 radical (unpaired) electrons. The van der Waals surface area contributed by atoms with Crippen molar-refractivity contribution in [3.8, 4) is 0 Å². The van der Waals surface area contributed by atoms with Crippen molar-refractivity contribution in [3.63, 3.8) is 0 Å². The zero-order valence-electron chi connectivity index (χ0n) is 9.98. The van der Waals surface area contributed by atoms with Gasteiger partial charge in [-0.05, 0) is 25.7 Å². The molecular formula is C11H22N2O2S. The highest BCUT2D eigenvalue weighted by Gasteiger charge is 2.30. The number of nitrogens with zero attached hydrogens (tertiary/aromatic N) is 1. The van der Waals surface area contributed by atoms with Crippen molar-refractivity contribution < 1.29 is 8.42 Å². The fraction of sp³-hybridized carbons (Fsp3) is 1.00. The molecule has 1 saturated heterocycles. The topological polar surface area (TPSA) is 49.4 Å². The average molecular weight is 246 g/mol. The smallest absolute Gasteiger partial charge is 0.214 e. The maximum Gasteiger partial charge on any atom is 0.214 e. The summed E-state index contributed by atoms with van der Waals surface area (Å²) in [7, 11) is -3.01. The Bertz CT molecular complexity index is 323. The van der Waals surface area contributed by atoms with Gasteiger partial charge in [-0.25, -0.2) is 8.42 Å². The fourth-order valence-electron chi connectivity index (χ4n) is 2.73. The maximum atomic E-state index is 12.2. The van der Waals surface area contributed by atoms with Crippen LogP contribution in [0.4, 0.5) is 0 Å². The van der Waals surface area contributed by atoms with Crippen LogP contribution in [0.3, 0.4) is 0 Å². The summed E-state index contributed by atoms with van der Waals surface area (Å²) in [6.45, 7) is 4.09. The van der Waals surface area contributed by atoms with Gasteiger partial charge in [-0.15, -0.1) is 0 Å². The molecule has 4 nitrogen and oxygen atoms in total. The number of nitrogens with one attached hydrogen (secondary N) is 1. The first-order chi connectivity index (χ1) is 7.58. The number of hydrogen-bond acceptors (Lipinski definition) is 3. The molecule has 1 aliphatic heterocycles. The van der Waals surface area contributed by atoms with Crippen LogP contribution in [0.25, 0.3) is 0 Å². The van der Waals surface area contributed by atoms with Crippen LogP contribution in [-0.4, -0.2) is 44.2 Å². The lowest BCUT2D eigenvalue weighted by atomic mass is 10.1. The van der Waals surface area contributed by atoms with Crippen LogP contribution in [0.1, 0.15) is 32.6 Å². The van der Waals surface area contributed by atoms with E-state index in [1.165, 1.54) is 12.8 Å². The SMILES string of the molecule is C[C@@H]1CN(S(=O)(=O)CC2CCCC2)CCN1. The van der Waals surface area contributed by atoms with Crippen LogP contribution < -0.4 is 5.32 Å². The Balaban J connectivity index is 1.94. The molecule has 0 aromatic rings. The van der Waals surface area contributed by atoms with Crippen molar-refractivity contribution in [2.75, 3.05) is 25.4 Å². The third-order valence-electron chi connectivity index (χ3n) is 3.65. The van der Waals surface area contributed by atoms with Gasteiger partial charge in [0.15, 0.2) is 0 Å². The van der Waals surface area contributed by atoms with E-state index < -0.39 is 10.0 Å². The van der Waals surface area contributed by atoms with Gasteiger partial charge in [0.1, 0.15) is 0 Å². The first-order valence-electron chi connectivity index (χ1n) is 6.29. The van der Waals surface area contributed by atoms with Crippen LogP contribution in [0.5, 0.6) is 0 Å². The van der Waals surface area contributed by atoms with E-state index in [1.54, 1.807) is 4.31 Å². The van der Waals surface area contributed by atoms with Crippen molar-refractivity contribution in [2.45, 2.75) is 38.6 Å². The Morgan fingerprint density at radius 2 is 2.00 bits per heavy atom. The molecule has 0 spiro atoms. The zero-order chi connectivity index (χ0) is 11.6. The summed E-state index contributed by atoms with van der Waals surface area (Å²) in [6, 6.07) is 0.284. The third kappa shape index (κ3) is 2.96. The molecule has 1 N–H and O–H groups in total. The average Bonchev–Trinajstić information content (AvgIpc) is 2.70. The second kappa shape index (κ2) is 5.02. The van der Waals surface area contributed by atoms with Gasteiger partial charge in [-0.1, -0.05) is 12.8 Å². The van der Waals surface area contributed by atoms with E-state index in [4.69, 9.17) is 0 Å². The highest BCUT2D eigenvalue weighted by Crippen LogP contribution is 2.27. The molecule has 0 bridgehead atoms. The van der Waals surface area contributed by atoms with Crippen molar-refractivity contribution in [1.82, 2.24) is 9.62 Å². The van der Waals surface area contributed by atoms with Crippen molar-refractivity contribution in [2.24, 2.45) is 5.92 Å². The second-order valence-electron chi connectivity index (χ2n) is 5.14. The molecule has 2 aliphatic rings. The summed E-state index contributed by atoms with van der Waals surface area (Å²) < 4.78 is 26.0. The fourth-order valence-corrected chi connectivity index (χ4v) is 4.69. The Kier molecular flexibility index (Phi) is 3.87. The van der Waals surface area contributed by atoms with Crippen LogP contribution >= 0.6 is 0 Å². The molecule has 94 valence electrons. The normalized spacial score (nSPS) is 29.7. The van der Waals surface area contributed by atoms with E-state index in [0.717, 1.165) is 19.4 Å². The van der Waals surface area contributed by atoms with E-state index >= 15 is 0 Å². The summed E-state index contributed by atoms with van der Waals surface area (Å²) in [6.07, 6.45) is 4.61. The summed E-state index contributed by atoms with van der Waals surface area (Å²) in [5.74, 6) is 0.787. The van der Waals surface area contributed by atoms with Crippen molar-refractivity contribution in [3.05, 3.63) is 0 Å². The molecule has 16 heavy (non-hydrogen) atoms. The summed E-state index contributed by atoms with van der Waals surface area (Å²) >= 11 is 0. The van der Waals surface area contributed by atoms with Gasteiger partial charge in [0.2, 0.25) is 10.0 Å². The second-order valence-corrected chi connectivity index (χ2v) is 7.16. The minimum Gasteiger partial charge on any atom is -0.312 e. The van der Waals surface area contributed by atoms with Gasteiger partial charge in [0.25, 0.3) is 0 Å². The predicted molar refractivity (Wildman–Crippen MR) is 64.8 cm³/mol. The Morgan fingerprint density at radius 3 is 2.62 bits per heavy atom. The standard InChI is InChI=1S/C11H22N2O2S/c1-10-8-13(7-6-12-10)16(14,15)9-11-4-2-3-5-11/h10-12H,2-9H2,1H3/t10-/m1/s1. The van der Waals surface area contributed by atoms with Gasteiger partial charge in [-0.2, -0.15) is 4.31 Å². The molecule has 1 heterocycles. The quantitative estimate of drug-likeness (QED) is 0.801. The van der Waals surface area contributed by atoms with Gasteiger partial charge in [0.05, 0.1) is 5.75 Å². The molecule has 0 unspecified atom stereocenters. The first-order valence-corrected chi connectivity index (χ1v) is 7.90. The molecular weight excluding hydrogens is 224 g/mol. The Morgan fingerprint density at radius 1 is 1.31 bits per heavy atom. The molecule has 0 amide bonds. The van der Waals surface area contributed by atoms with Crippen molar-refractivity contribution in [1.29, 1.82) is 0 Å². The van der Waals surface area contributed by atoms with E-state index in [0.29, 0.717) is 24.8 Å². The Hall–Kier alpha value is -0.130. The number of hydrogen-bond donors (Lipinski definition) is 1. The van der Waals surface area contributed by atoms with Gasteiger partial charge in [-0.3, -0.25) is 0 Å². The number of rotatable bonds is 3. The molecule has 1 aliphatic carbocycles. The lowest BCUT2D eigenvalue weighted by molar-refractivity contribution is 0.308.